The van der Waals surface area contributed by atoms with E-state index in [0.717, 1.165) is 0 Å². The van der Waals surface area contributed by atoms with Crippen molar-refractivity contribution < 1.29 is 55.7 Å². The van der Waals surface area contributed by atoms with Crippen molar-refractivity contribution in [1.29, 1.82) is 0 Å². The fourth-order valence-corrected chi connectivity index (χ4v) is 0. The first-order valence-electron chi connectivity index (χ1n) is 0.698. The minimum atomic E-state index is -4.67. The van der Waals surface area contributed by atoms with Crippen LogP contribution >= 0.6 is 0 Å². The van der Waals surface area contributed by atoms with Gasteiger partial charge in [0.15, 0.2) is 0 Å². The van der Waals surface area contributed by atoms with Crippen LogP contribution in [0.2, 0.25) is 0 Å². The van der Waals surface area contributed by atoms with Gasteiger partial charge < -0.3 is 5.48 Å². The minimum Gasteiger partial charge on any atom is -0.412 e. The van der Waals surface area contributed by atoms with Gasteiger partial charge in [-0.25, -0.2) is 0 Å². The molecule has 0 amide bonds. The van der Waals surface area contributed by atoms with Crippen molar-refractivity contribution in [3.8, 4) is 0 Å². The fourth-order valence-electron chi connectivity index (χ4n) is 0. The predicted octanol–water partition coefficient (Wildman–Crippen LogP) is -1.48. The number of hydrogen-bond acceptors (Lipinski definition) is 2. The van der Waals surface area contributed by atoms with Crippen molar-refractivity contribution in [2.24, 2.45) is 0 Å². The summed E-state index contributed by atoms with van der Waals surface area (Å²) in [5.41, 5.74) is 0. The second kappa shape index (κ2) is 5.08. The first-order chi connectivity index (χ1) is 2.00. The van der Waals surface area contributed by atoms with Crippen molar-refractivity contribution >= 4 is 10.4 Å². The van der Waals surface area contributed by atoms with Crippen molar-refractivity contribution in [3.05, 3.63) is 0 Å². The Morgan fingerprint density at radius 2 is 1.14 bits per heavy atom. The quantitative estimate of drug-likeness (QED) is 0.470. The van der Waals surface area contributed by atoms with Crippen LogP contribution < -0.4 is 0 Å². The molecule has 0 aliphatic heterocycles. The van der Waals surface area contributed by atoms with Gasteiger partial charge in [-0.1, -0.05) is 0 Å². The summed E-state index contributed by atoms with van der Waals surface area (Å²) in [5, 5.41) is 0. The standard InChI is InChI=1S/H2O4S.H2O.Y/c1-5(2,3)4;;/h(H2,1,2,3,4);1H2;. The van der Waals surface area contributed by atoms with Crippen molar-refractivity contribution in [2.75, 3.05) is 0 Å². The molecule has 0 spiro atoms. The number of hydrogen-bond donors (Lipinski definition) is 2. The van der Waals surface area contributed by atoms with Crippen LogP contribution in [0.5, 0.6) is 0 Å². The van der Waals surface area contributed by atoms with Gasteiger partial charge in [-0.05, 0) is 0 Å². The molecule has 0 aliphatic carbocycles. The van der Waals surface area contributed by atoms with E-state index < -0.39 is 10.4 Å². The summed E-state index contributed by atoms with van der Waals surface area (Å²) < 4.78 is 31.6. The molecule has 0 rings (SSSR count). The number of rotatable bonds is 0. The fraction of sp³-hybridized carbons (Fsp3) is 0. The Morgan fingerprint density at radius 1 is 1.14 bits per heavy atom. The van der Waals surface area contributed by atoms with E-state index in [1.54, 1.807) is 0 Å². The third-order valence-electron chi connectivity index (χ3n) is 0. The molecule has 0 unspecified atom stereocenters. The van der Waals surface area contributed by atoms with Crippen LogP contribution in [0.1, 0.15) is 0 Å². The van der Waals surface area contributed by atoms with Gasteiger partial charge in [0.05, 0.1) is 0 Å². The van der Waals surface area contributed by atoms with Crippen molar-refractivity contribution in [3.63, 3.8) is 0 Å². The molecule has 7 heteroatoms. The van der Waals surface area contributed by atoms with Crippen LogP contribution in [0.3, 0.4) is 0 Å². The minimum absolute atomic E-state index is 0. The molecule has 43 valence electrons. The molecule has 0 saturated carbocycles. The van der Waals surface area contributed by atoms with E-state index >= 15 is 0 Å². The Labute approximate surface area is 65.9 Å². The van der Waals surface area contributed by atoms with Crippen LogP contribution in [0.15, 0.2) is 0 Å². The Morgan fingerprint density at radius 3 is 1.14 bits per heavy atom. The van der Waals surface area contributed by atoms with Gasteiger partial charge in [0, 0.05) is 32.7 Å². The molecular formula is H4O5SY. The van der Waals surface area contributed by atoms with E-state index in [1.165, 1.54) is 0 Å². The Balaban J connectivity index is -0.0000000800. The third kappa shape index (κ3) is 194. The molecule has 0 aliphatic rings. The van der Waals surface area contributed by atoms with E-state index in [2.05, 4.69) is 0 Å². The summed E-state index contributed by atoms with van der Waals surface area (Å²) in [5.74, 6) is 0. The maximum Gasteiger partial charge on any atom is 0.394 e. The largest absolute Gasteiger partial charge is 0.412 e. The summed E-state index contributed by atoms with van der Waals surface area (Å²) in [4.78, 5) is 0. The normalized spacial score (nSPS) is 8.29. The van der Waals surface area contributed by atoms with Gasteiger partial charge in [0.1, 0.15) is 0 Å². The summed E-state index contributed by atoms with van der Waals surface area (Å²) in [6.45, 7) is 0. The molecule has 0 fully saturated rings. The second-order valence-corrected chi connectivity index (χ2v) is 1.34. The maximum atomic E-state index is 8.74. The molecule has 0 atom stereocenters. The molecule has 7 heavy (non-hydrogen) atoms. The zero-order valence-electron chi connectivity index (χ0n) is 3.20. The zero-order chi connectivity index (χ0) is 4.50. The first-order valence-corrected chi connectivity index (χ1v) is 2.10. The molecular weight excluding hydrogens is 201 g/mol. The van der Waals surface area contributed by atoms with Gasteiger partial charge in [-0.3, -0.25) is 9.11 Å². The summed E-state index contributed by atoms with van der Waals surface area (Å²) in [6.07, 6.45) is 0. The molecule has 0 heterocycles. The van der Waals surface area contributed by atoms with E-state index in [-0.39, 0.29) is 38.2 Å². The summed E-state index contributed by atoms with van der Waals surface area (Å²) in [6, 6.07) is 0. The van der Waals surface area contributed by atoms with E-state index in [4.69, 9.17) is 17.5 Å². The van der Waals surface area contributed by atoms with Gasteiger partial charge in [-0.2, -0.15) is 8.42 Å². The third-order valence-corrected chi connectivity index (χ3v) is 0. The summed E-state index contributed by atoms with van der Waals surface area (Å²) >= 11 is 0. The van der Waals surface area contributed by atoms with E-state index in [0.29, 0.717) is 0 Å². The first kappa shape index (κ1) is 15.7. The molecule has 5 nitrogen and oxygen atoms in total. The zero-order valence-corrected chi connectivity index (χ0v) is 6.85. The van der Waals surface area contributed by atoms with Gasteiger partial charge in [-0.15, -0.1) is 0 Å². The van der Waals surface area contributed by atoms with Crippen LogP contribution in [0.4, 0.5) is 0 Å². The second-order valence-electron chi connectivity index (χ2n) is 0.448. The van der Waals surface area contributed by atoms with Crippen LogP contribution in [0.25, 0.3) is 0 Å². The van der Waals surface area contributed by atoms with Crippen LogP contribution in [-0.2, 0) is 43.1 Å². The molecule has 1 radical (unpaired) electrons. The van der Waals surface area contributed by atoms with Gasteiger partial charge in [0.2, 0.25) is 0 Å². The molecule has 0 aromatic heterocycles. The molecule has 0 aromatic rings. The van der Waals surface area contributed by atoms with Crippen LogP contribution in [-0.4, -0.2) is 23.0 Å². The Kier molecular flexibility index (Phi) is 11.4. The van der Waals surface area contributed by atoms with Crippen molar-refractivity contribution in [2.45, 2.75) is 0 Å². The molecule has 0 saturated heterocycles. The summed E-state index contributed by atoms with van der Waals surface area (Å²) in [7, 11) is -4.67. The Hall–Kier alpha value is 0.934. The van der Waals surface area contributed by atoms with Crippen LogP contribution in [0, 0.1) is 0 Å². The predicted molar refractivity (Wildman–Crippen MR) is 17.8 cm³/mol. The average molecular weight is 205 g/mol. The Bertz CT molecular complexity index is 91.2. The monoisotopic (exact) mass is 205 g/mol. The van der Waals surface area contributed by atoms with E-state index in [1.807, 2.05) is 0 Å². The topological polar surface area (TPSA) is 106 Å². The van der Waals surface area contributed by atoms with Crippen molar-refractivity contribution in [1.82, 2.24) is 0 Å². The van der Waals surface area contributed by atoms with Gasteiger partial charge in [0.25, 0.3) is 0 Å². The average Bonchev–Trinajstić information content (AvgIpc) is 0.722. The molecule has 0 aromatic carbocycles. The molecule has 0 bridgehead atoms. The molecule has 4 N–H and O–H groups in total. The van der Waals surface area contributed by atoms with E-state index in [9.17, 15) is 0 Å². The SMILES string of the molecule is O.O=S(=O)(O)O.[Y]. The van der Waals surface area contributed by atoms with Gasteiger partial charge >= 0.3 is 10.4 Å². The maximum absolute atomic E-state index is 8.74. The smallest absolute Gasteiger partial charge is 0.394 e.